The number of hydrogen-bond acceptors (Lipinski definition) is 2. The van der Waals surface area contributed by atoms with Crippen molar-refractivity contribution in [2.45, 2.75) is 39.0 Å². The van der Waals surface area contributed by atoms with Crippen LogP contribution in [0.3, 0.4) is 0 Å². The third kappa shape index (κ3) is 3.26. The van der Waals surface area contributed by atoms with Crippen LogP contribution in [-0.2, 0) is 11.2 Å². The van der Waals surface area contributed by atoms with Crippen LogP contribution < -0.4 is 4.74 Å². The van der Waals surface area contributed by atoms with Crippen LogP contribution >= 0.6 is 11.6 Å². The van der Waals surface area contributed by atoms with Gasteiger partial charge in [-0.2, -0.15) is 0 Å². The molecular formula is C15H19ClO2. The molecule has 1 unspecified atom stereocenters. The maximum atomic E-state index is 11.5. The summed E-state index contributed by atoms with van der Waals surface area (Å²) in [5, 5.41) is 0.788. The van der Waals surface area contributed by atoms with E-state index in [1.807, 2.05) is 18.2 Å². The van der Waals surface area contributed by atoms with Crippen molar-refractivity contribution < 1.29 is 9.53 Å². The lowest BCUT2D eigenvalue weighted by atomic mass is 10.0. The van der Waals surface area contributed by atoms with Gasteiger partial charge in [0.1, 0.15) is 11.5 Å². The number of benzene rings is 1. The number of aryl methyl sites for hydroxylation is 1. The summed E-state index contributed by atoms with van der Waals surface area (Å²) in [5.41, 5.74) is 1.10. The molecule has 0 saturated heterocycles. The molecule has 0 amide bonds. The molecule has 3 heteroatoms. The number of ketones is 1. The van der Waals surface area contributed by atoms with Gasteiger partial charge in [0, 0.05) is 17.4 Å². The molecule has 0 heterocycles. The number of carbonyl (C=O) groups is 1. The first-order valence-corrected chi connectivity index (χ1v) is 7.02. The molecule has 1 atom stereocenters. The smallest absolute Gasteiger partial charge is 0.136 e. The van der Waals surface area contributed by atoms with Gasteiger partial charge in [-0.05, 0) is 49.4 Å². The summed E-state index contributed by atoms with van der Waals surface area (Å²) in [4.78, 5) is 11.5. The van der Waals surface area contributed by atoms with Crippen molar-refractivity contribution in [3.63, 3.8) is 0 Å². The molecular weight excluding hydrogens is 248 g/mol. The van der Waals surface area contributed by atoms with Crippen LogP contribution in [0.5, 0.6) is 5.75 Å². The summed E-state index contributed by atoms with van der Waals surface area (Å²) in [6.45, 7) is 2.68. The first-order chi connectivity index (χ1) is 8.70. The molecule has 18 heavy (non-hydrogen) atoms. The molecule has 0 spiro atoms. The van der Waals surface area contributed by atoms with Crippen molar-refractivity contribution in [1.29, 1.82) is 0 Å². The topological polar surface area (TPSA) is 26.3 Å². The van der Waals surface area contributed by atoms with Crippen LogP contribution in [-0.4, -0.2) is 12.4 Å². The van der Waals surface area contributed by atoms with Crippen LogP contribution in [0.25, 0.3) is 0 Å². The summed E-state index contributed by atoms with van der Waals surface area (Å²) in [7, 11) is 0. The number of ether oxygens (including phenoxy) is 1. The van der Waals surface area contributed by atoms with Crippen molar-refractivity contribution in [1.82, 2.24) is 0 Å². The Labute approximate surface area is 113 Å². The van der Waals surface area contributed by atoms with E-state index in [4.69, 9.17) is 16.3 Å². The average molecular weight is 267 g/mol. The van der Waals surface area contributed by atoms with E-state index in [1.54, 1.807) is 0 Å². The predicted octanol–water partition coefficient (Wildman–Crippen LogP) is 4.04. The first-order valence-electron chi connectivity index (χ1n) is 6.64. The van der Waals surface area contributed by atoms with Gasteiger partial charge in [0.25, 0.3) is 0 Å². The maximum absolute atomic E-state index is 11.5. The fourth-order valence-corrected chi connectivity index (χ4v) is 2.68. The van der Waals surface area contributed by atoms with Crippen molar-refractivity contribution >= 4 is 17.4 Å². The third-order valence-electron chi connectivity index (χ3n) is 3.56. The summed E-state index contributed by atoms with van der Waals surface area (Å²) in [5.74, 6) is 1.48. The Hall–Kier alpha value is -1.02. The standard InChI is InChI=1S/C15H19ClO2/c1-2-11-10-13(6-7-14(11)16)18-9-8-12-4-3-5-15(12)17/h6-7,10,12H,2-5,8-9H2,1H3. The zero-order valence-electron chi connectivity index (χ0n) is 10.7. The second-order valence-electron chi connectivity index (χ2n) is 4.80. The number of carbonyl (C=O) groups excluding carboxylic acids is 1. The molecule has 1 aliphatic rings. The normalized spacial score (nSPS) is 19.2. The molecule has 1 aromatic rings. The van der Waals surface area contributed by atoms with E-state index in [9.17, 15) is 4.79 Å². The minimum atomic E-state index is 0.225. The van der Waals surface area contributed by atoms with Gasteiger partial charge in [0.05, 0.1) is 6.61 Å². The highest BCUT2D eigenvalue weighted by Gasteiger charge is 2.23. The second kappa shape index (κ2) is 6.24. The van der Waals surface area contributed by atoms with Gasteiger partial charge in [-0.1, -0.05) is 18.5 Å². The Morgan fingerprint density at radius 1 is 1.44 bits per heavy atom. The van der Waals surface area contributed by atoms with Gasteiger partial charge >= 0.3 is 0 Å². The van der Waals surface area contributed by atoms with Gasteiger partial charge in [-0.3, -0.25) is 4.79 Å². The molecule has 98 valence electrons. The summed E-state index contributed by atoms with van der Waals surface area (Å²) in [6, 6.07) is 5.74. The van der Waals surface area contributed by atoms with E-state index in [1.165, 1.54) is 0 Å². The highest BCUT2D eigenvalue weighted by Crippen LogP contribution is 2.26. The molecule has 0 N–H and O–H groups in total. The molecule has 0 aromatic heterocycles. The maximum Gasteiger partial charge on any atom is 0.136 e. The van der Waals surface area contributed by atoms with Crippen molar-refractivity contribution in [3.8, 4) is 5.75 Å². The Kier molecular flexibility index (Phi) is 4.65. The van der Waals surface area contributed by atoms with E-state index in [0.717, 1.165) is 48.4 Å². The van der Waals surface area contributed by atoms with E-state index < -0.39 is 0 Å². The number of halogens is 1. The fraction of sp³-hybridized carbons (Fsp3) is 0.533. The zero-order valence-corrected chi connectivity index (χ0v) is 11.5. The fourth-order valence-electron chi connectivity index (χ4n) is 2.42. The molecule has 2 rings (SSSR count). The van der Waals surface area contributed by atoms with Crippen molar-refractivity contribution in [2.24, 2.45) is 5.92 Å². The SMILES string of the molecule is CCc1cc(OCCC2CCCC2=O)ccc1Cl. The molecule has 1 fully saturated rings. The lowest BCUT2D eigenvalue weighted by molar-refractivity contribution is -0.121. The molecule has 2 nitrogen and oxygen atoms in total. The first kappa shape index (κ1) is 13.4. The van der Waals surface area contributed by atoms with Crippen LogP contribution in [0.2, 0.25) is 5.02 Å². The van der Waals surface area contributed by atoms with Gasteiger partial charge in [0.2, 0.25) is 0 Å². The monoisotopic (exact) mass is 266 g/mol. The minimum absolute atomic E-state index is 0.225. The van der Waals surface area contributed by atoms with E-state index in [0.29, 0.717) is 12.4 Å². The van der Waals surface area contributed by atoms with Crippen LogP contribution in [0.4, 0.5) is 0 Å². The Bertz CT molecular complexity index is 429. The molecule has 0 aliphatic heterocycles. The molecule has 1 aliphatic carbocycles. The van der Waals surface area contributed by atoms with E-state index >= 15 is 0 Å². The highest BCUT2D eigenvalue weighted by molar-refractivity contribution is 6.31. The summed E-state index contributed by atoms with van der Waals surface area (Å²) in [6.07, 6.45) is 4.57. The molecule has 1 saturated carbocycles. The second-order valence-corrected chi connectivity index (χ2v) is 5.21. The predicted molar refractivity (Wildman–Crippen MR) is 73.3 cm³/mol. The minimum Gasteiger partial charge on any atom is -0.494 e. The molecule has 1 aromatic carbocycles. The van der Waals surface area contributed by atoms with Gasteiger partial charge in [-0.15, -0.1) is 0 Å². The zero-order chi connectivity index (χ0) is 13.0. The Morgan fingerprint density at radius 3 is 2.94 bits per heavy atom. The third-order valence-corrected chi connectivity index (χ3v) is 3.93. The van der Waals surface area contributed by atoms with Crippen LogP contribution in [0, 0.1) is 5.92 Å². The number of Topliss-reactive ketones (excluding diaryl/α,β-unsaturated/α-hetero) is 1. The van der Waals surface area contributed by atoms with Crippen LogP contribution in [0.1, 0.15) is 38.2 Å². The van der Waals surface area contributed by atoms with E-state index in [2.05, 4.69) is 6.92 Å². The van der Waals surface area contributed by atoms with Gasteiger partial charge < -0.3 is 4.74 Å². The molecule has 0 bridgehead atoms. The average Bonchev–Trinajstić information content (AvgIpc) is 2.77. The quantitative estimate of drug-likeness (QED) is 0.804. The summed E-state index contributed by atoms with van der Waals surface area (Å²) >= 11 is 6.05. The van der Waals surface area contributed by atoms with Gasteiger partial charge in [0.15, 0.2) is 0 Å². The molecule has 0 radical (unpaired) electrons. The number of rotatable bonds is 5. The highest BCUT2D eigenvalue weighted by atomic mass is 35.5. The lowest BCUT2D eigenvalue weighted by Gasteiger charge is -2.11. The van der Waals surface area contributed by atoms with Crippen molar-refractivity contribution in [3.05, 3.63) is 28.8 Å². The lowest BCUT2D eigenvalue weighted by Crippen LogP contribution is -2.11. The van der Waals surface area contributed by atoms with Crippen LogP contribution in [0.15, 0.2) is 18.2 Å². The largest absolute Gasteiger partial charge is 0.494 e. The Morgan fingerprint density at radius 2 is 2.28 bits per heavy atom. The Balaban J connectivity index is 1.84. The van der Waals surface area contributed by atoms with Crippen molar-refractivity contribution in [2.75, 3.05) is 6.61 Å². The van der Waals surface area contributed by atoms with E-state index in [-0.39, 0.29) is 5.92 Å². The summed E-state index contributed by atoms with van der Waals surface area (Å²) < 4.78 is 5.70. The number of hydrogen-bond donors (Lipinski definition) is 0. The van der Waals surface area contributed by atoms with Gasteiger partial charge in [-0.25, -0.2) is 0 Å².